The van der Waals surface area contributed by atoms with E-state index in [2.05, 4.69) is 5.92 Å². The lowest BCUT2D eigenvalue weighted by atomic mass is 9.71. The normalized spacial score (nSPS) is 37.4. The van der Waals surface area contributed by atoms with Gasteiger partial charge in [-0.2, -0.15) is 0 Å². The lowest BCUT2D eigenvalue weighted by Gasteiger charge is -2.43. The lowest BCUT2D eigenvalue weighted by Crippen LogP contribution is -2.52. The van der Waals surface area contributed by atoms with Crippen LogP contribution in [0.25, 0.3) is 0 Å². The fourth-order valence-electron chi connectivity index (χ4n) is 2.52. The molecule has 1 heterocycles. The van der Waals surface area contributed by atoms with Crippen LogP contribution in [0.3, 0.4) is 0 Å². The molecule has 0 amide bonds. The minimum Gasteiger partial charge on any atom is -0.456 e. The SMILES string of the molecule is C#CC(C)C=O.COC1(C)CCC2CC1(C)OC2=O. The van der Waals surface area contributed by atoms with Crippen LogP contribution in [0.4, 0.5) is 0 Å². The minimum absolute atomic E-state index is 0.0386. The van der Waals surface area contributed by atoms with E-state index in [9.17, 15) is 9.59 Å². The molecule has 4 nitrogen and oxygen atoms in total. The molecule has 0 aromatic heterocycles. The van der Waals surface area contributed by atoms with E-state index in [0.29, 0.717) is 0 Å². The molecule has 0 radical (unpaired) electrons. The van der Waals surface area contributed by atoms with Crippen molar-refractivity contribution in [3.8, 4) is 12.3 Å². The Labute approximate surface area is 114 Å². The molecule has 106 valence electrons. The molecule has 0 spiro atoms. The molecule has 2 fully saturated rings. The van der Waals surface area contributed by atoms with E-state index in [1.807, 2.05) is 13.8 Å². The Kier molecular flexibility index (Phi) is 4.75. The van der Waals surface area contributed by atoms with Crippen LogP contribution >= 0.6 is 0 Å². The van der Waals surface area contributed by atoms with E-state index in [-0.39, 0.29) is 23.4 Å². The Morgan fingerprint density at radius 3 is 2.63 bits per heavy atom. The summed E-state index contributed by atoms with van der Waals surface area (Å²) in [5.74, 6) is 2.11. The van der Waals surface area contributed by atoms with Crippen molar-refractivity contribution < 1.29 is 19.1 Å². The summed E-state index contributed by atoms with van der Waals surface area (Å²) < 4.78 is 10.9. The number of aldehydes is 1. The molecule has 2 aliphatic rings. The van der Waals surface area contributed by atoms with E-state index in [1.54, 1.807) is 14.0 Å². The second-order valence-electron chi connectivity index (χ2n) is 5.62. The van der Waals surface area contributed by atoms with Gasteiger partial charge in [0.15, 0.2) is 0 Å². The van der Waals surface area contributed by atoms with Gasteiger partial charge in [-0.1, -0.05) is 5.92 Å². The highest BCUT2D eigenvalue weighted by atomic mass is 16.6. The molecule has 2 rings (SSSR count). The molecule has 1 aliphatic heterocycles. The van der Waals surface area contributed by atoms with Crippen molar-refractivity contribution in [2.75, 3.05) is 7.11 Å². The summed E-state index contributed by atoms with van der Waals surface area (Å²) in [6.07, 6.45) is 8.17. The zero-order valence-electron chi connectivity index (χ0n) is 12.1. The summed E-state index contributed by atoms with van der Waals surface area (Å²) >= 11 is 0. The van der Waals surface area contributed by atoms with Crippen LogP contribution < -0.4 is 0 Å². The number of methoxy groups -OCH3 is 1. The van der Waals surface area contributed by atoms with Gasteiger partial charge in [-0.15, -0.1) is 6.42 Å². The summed E-state index contributed by atoms with van der Waals surface area (Å²) in [4.78, 5) is 21.0. The molecule has 0 aromatic rings. The minimum atomic E-state index is -0.401. The van der Waals surface area contributed by atoms with Gasteiger partial charge in [-0.25, -0.2) is 0 Å². The fourth-order valence-corrected chi connectivity index (χ4v) is 2.52. The summed E-state index contributed by atoms with van der Waals surface area (Å²) in [6, 6.07) is 0. The summed E-state index contributed by atoms with van der Waals surface area (Å²) in [7, 11) is 1.69. The number of carbonyl (C=O) groups excluding carboxylic acids is 2. The summed E-state index contributed by atoms with van der Waals surface area (Å²) in [5, 5.41) is 0. The van der Waals surface area contributed by atoms with Crippen LogP contribution in [0, 0.1) is 24.2 Å². The highest BCUT2D eigenvalue weighted by Crippen LogP contribution is 2.49. The quantitative estimate of drug-likeness (QED) is 0.435. The molecule has 1 aliphatic carbocycles. The summed E-state index contributed by atoms with van der Waals surface area (Å²) in [6.45, 7) is 5.68. The maximum absolute atomic E-state index is 11.4. The zero-order chi connectivity index (χ0) is 14.7. The van der Waals surface area contributed by atoms with Crippen molar-refractivity contribution in [3.05, 3.63) is 0 Å². The van der Waals surface area contributed by atoms with E-state index < -0.39 is 5.60 Å². The Morgan fingerprint density at radius 2 is 2.21 bits per heavy atom. The molecule has 1 saturated carbocycles. The fraction of sp³-hybridized carbons (Fsp3) is 0.733. The topological polar surface area (TPSA) is 52.6 Å². The van der Waals surface area contributed by atoms with Crippen molar-refractivity contribution in [3.63, 3.8) is 0 Å². The van der Waals surface area contributed by atoms with Gasteiger partial charge >= 0.3 is 5.97 Å². The second-order valence-corrected chi connectivity index (χ2v) is 5.62. The molecule has 0 N–H and O–H groups in total. The molecule has 1 saturated heterocycles. The van der Waals surface area contributed by atoms with Gasteiger partial charge in [0.25, 0.3) is 0 Å². The van der Waals surface area contributed by atoms with Gasteiger partial charge in [0.2, 0.25) is 0 Å². The monoisotopic (exact) mass is 266 g/mol. The summed E-state index contributed by atoms with van der Waals surface area (Å²) in [5.41, 5.74) is -0.697. The first kappa shape index (κ1) is 15.7. The van der Waals surface area contributed by atoms with Crippen molar-refractivity contribution in [2.45, 2.75) is 51.2 Å². The van der Waals surface area contributed by atoms with E-state index >= 15 is 0 Å². The third-order valence-corrected chi connectivity index (χ3v) is 4.30. The number of hydrogen-bond donors (Lipinski definition) is 0. The van der Waals surface area contributed by atoms with Crippen molar-refractivity contribution in [1.29, 1.82) is 0 Å². The van der Waals surface area contributed by atoms with Crippen LogP contribution in [0.15, 0.2) is 0 Å². The van der Waals surface area contributed by atoms with Crippen LogP contribution in [0.2, 0.25) is 0 Å². The largest absolute Gasteiger partial charge is 0.456 e. The number of carbonyl (C=O) groups is 2. The molecule has 4 heteroatoms. The Balaban J connectivity index is 0.000000258. The van der Waals surface area contributed by atoms with Gasteiger partial charge in [-0.3, -0.25) is 4.79 Å². The predicted molar refractivity (Wildman–Crippen MR) is 71.3 cm³/mol. The Hall–Kier alpha value is -1.34. The molecule has 19 heavy (non-hydrogen) atoms. The van der Waals surface area contributed by atoms with Crippen LogP contribution in [-0.2, 0) is 19.1 Å². The average molecular weight is 266 g/mol. The number of hydrogen-bond acceptors (Lipinski definition) is 4. The molecule has 0 aromatic carbocycles. The third kappa shape index (κ3) is 2.98. The highest BCUT2D eigenvalue weighted by Gasteiger charge is 2.58. The molecule has 4 unspecified atom stereocenters. The van der Waals surface area contributed by atoms with Crippen LogP contribution in [0.1, 0.15) is 40.0 Å². The third-order valence-electron chi connectivity index (χ3n) is 4.30. The van der Waals surface area contributed by atoms with Crippen LogP contribution in [0.5, 0.6) is 0 Å². The smallest absolute Gasteiger partial charge is 0.309 e. The van der Waals surface area contributed by atoms with Crippen molar-refractivity contribution in [2.24, 2.45) is 11.8 Å². The molecule has 2 bridgehead atoms. The first-order chi connectivity index (χ1) is 8.81. The van der Waals surface area contributed by atoms with Gasteiger partial charge in [0, 0.05) is 13.5 Å². The van der Waals surface area contributed by atoms with Crippen molar-refractivity contribution >= 4 is 12.3 Å². The van der Waals surface area contributed by atoms with E-state index in [0.717, 1.165) is 25.5 Å². The number of esters is 1. The van der Waals surface area contributed by atoms with Crippen LogP contribution in [-0.4, -0.2) is 30.6 Å². The molecular formula is C15H22O4. The first-order valence-corrected chi connectivity index (χ1v) is 6.51. The van der Waals surface area contributed by atoms with Gasteiger partial charge in [0.05, 0.1) is 11.8 Å². The first-order valence-electron chi connectivity index (χ1n) is 6.51. The van der Waals surface area contributed by atoms with Gasteiger partial charge in [-0.05, 0) is 33.6 Å². The van der Waals surface area contributed by atoms with Gasteiger partial charge in [0.1, 0.15) is 17.5 Å². The number of terminal acetylenes is 1. The number of fused-ring (bicyclic) bond motifs is 2. The van der Waals surface area contributed by atoms with E-state index in [4.69, 9.17) is 15.9 Å². The molecule has 4 atom stereocenters. The standard InChI is InChI=1S/C10H16O3.C5H6O/c1-9(12-3)5-4-7-6-10(9,2)13-8(7)11;1-3-5(2)4-6/h7H,4-6H2,1-3H3;1,4-5H,2H3. The average Bonchev–Trinajstić information content (AvgIpc) is 2.67. The second kappa shape index (κ2) is 5.75. The predicted octanol–water partition coefficient (Wildman–Crippen LogP) is 1.96. The Bertz CT molecular complexity index is 397. The number of rotatable bonds is 2. The highest BCUT2D eigenvalue weighted by molar-refractivity contribution is 5.76. The zero-order valence-corrected chi connectivity index (χ0v) is 12.1. The Morgan fingerprint density at radius 1 is 1.58 bits per heavy atom. The maximum Gasteiger partial charge on any atom is 0.309 e. The number of ether oxygens (including phenoxy) is 2. The maximum atomic E-state index is 11.4. The van der Waals surface area contributed by atoms with Gasteiger partial charge < -0.3 is 14.3 Å². The molecular weight excluding hydrogens is 244 g/mol. The lowest BCUT2D eigenvalue weighted by molar-refractivity contribution is -0.178. The van der Waals surface area contributed by atoms with E-state index in [1.165, 1.54) is 0 Å². The van der Waals surface area contributed by atoms with Crippen molar-refractivity contribution in [1.82, 2.24) is 0 Å².